The first-order valence-electron chi connectivity index (χ1n) is 12.9. The Kier molecular flexibility index (Phi) is 8.35. The molecule has 38 heavy (non-hydrogen) atoms. The first kappa shape index (κ1) is 27.2. The summed E-state index contributed by atoms with van der Waals surface area (Å²) in [5.74, 6) is -3.30. The van der Waals surface area contributed by atoms with Crippen LogP contribution in [0.1, 0.15) is 59.9 Å². The fourth-order valence-corrected chi connectivity index (χ4v) is 5.06. The molecule has 5 nitrogen and oxygen atoms in total. The van der Waals surface area contributed by atoms with Crippen molar-refractivity contribution in [2.45, 2.75) is 58.3 Å². The molecule has 0 saturated heterocycles. The first-order chi connectivity index (χ1) is 18.2. The Labute approximate surface area is 221 Å². The molecule has 1 aliphatic rings. The van der Waals surface area contributed by atoms with E-state index in [-0.39, 0.29) is 23.1 Å². The number of fused-ring (bicyclic) bond motifs is 1. The highest BCUT2D eigenvalue weighted by Gasteiger charge is 2.37. The average Bonchev–Trinajstić information content (AvgIpc) is 3.03. The minimum absolute atomic E-state index is 0.154. The minimum atomic E-state index is -1.78. The van der Waals surface area contributed by atoms with Gasteiger partial charge in [-0.15, -0.1) is 0 Å². The highest BCUT2D eigenvalue weighted by Crippen LogP contribution is 2.32. The van der Waals surface area contributed by atoms with E-state index in [0.29, 0.717) is 18.4 Å². The Morgan fingerprint density at radius 3 is 2.39 bits per heavy atom. The van der Waals surface area contributed by atoms with E-state index in [9.17, 15) is 18.8 Å². The molecule has 1 heterocycles. The van der Waals surface area contributed by atoms with Crippen LogP contribution in [0.4, 0.5) is 14.5 Å². The normalized spacial score (nSPS) is 16.9. The van der Waals surface area contributed by atoms with Crippen LogP contribution in [-0.2, 0) is 16.0 Å². The summed E-state index contributed by atoms with van der Waals surface area (Å²) in [7, 11) is 0. The largest absolute Gasteiger partial charge is 0.344 e. The van der Waals surface area contributed by atoms with E-state index in [1.807, 2.05) is 38.1 Å². The zero-order valence-corrected chi connectivity index (χ0v) is 21.8. The van der Waals surface area contributed by atoms with Crippen molar-refractivity contribution in [1.29, 1.82) is 0 Å². The van der Waals surface area contributed by atoms with E-state index in [0.717, 1.165) is 11.3 Å². The van der Waals surface area contributed by atoms with Crippen molar-refractivity contribution in [1.82, 2.24) is 5.32 Å². The van der Waals surface area contributed by atoms with Gasteiger partial charge in [-0.25, -0.2) is 8.78 Å². The fraction of sp³-hybridized carbons (Fsp3) is 0.323. The monoisotopic (exact) mass is 518 g/mol. The molecular weight excluding hydrogens is 486 g/mol. The molecule has 3 aromatic carbocycles. The Morgan fingerprint density at radius 1 is 1.03 bits per heavy atom. The van der Waals surface area contributed by atoms with Gasteiger partial charge in [-0.1, -0.05) is 48.5 Å². The molecule has 4 rings (SSSR count). The number of nitrogens with zero attached hydrogens (tertiary/aromatic N) is 1. The van der Waals surface area contributed by atoms with Gasteiger partial charge in [-0.3, -0.25) is 14.4 Å². The number of Topliss-reactive ketones (excluding diaryl/α,β-unsaturated/α-hetero) is 1. The van der Waals surface area contributed by atoms with Gasteiger partial charge in [0, 0.05) is 23.7 Å². The summed E-state index contributed by atoms with van der Waals surface area (Å²) in [6.45, 7) is 5.40. The van der Waals surface area contributed by atoms with Crippen molar-refractivity contribution in [2.24, 2.45) is 5.92 Å². The van der Waals surface area contributed by atoms with Gasteiger partial charge in [0.2, 0.25) is 11.8 Å². The second-order valence-corrected chi connectivity index (χ2v) is 10.0. The summed E-state index contributed by atoms with van der Waals surface area (Å²) in [5.41, 5.74) is 2.71. The third-order valence-electron chi connectivity index (χ3n) is 7.02. The van der Waals surface area contributed by atoms with Crippen molar-refractivity contribution < 1.29 is 23.2 Å². The number of anilines is 1. The van der Waals surface area contributed by atoms with Crippen LogP contribution < -0.4 is 10.2 Å². The standard InChI is InChI=1S/C31H32F2N2O3/c1-19(2)35-27-12-8-7-9-21(27)13-16-26(31(35)38)34-30(37)25(29(33)22-10-5-4-6-11-22)18-28(36)24-15-14-23(32)17-20(24)3/h4-12,14-15,17,19,25-26,29H,13,16,18H2,1-3H3,(H,34,37)/t25-,26-,29?/m1/s1. The number of alkyl halides is 1. The van der Waals surface area contributed by atoms with E-state index < -0.39 is 42.1 Å². The number of hydrogen-bond donors (Lipinski definition) is 1. The molecule has 0 bridgehead atoms. The van der Waals surface area contributed by atoms with Crippen molar-refractivity contribution in [3.8, 4) is 0 Å². The summed E-state index contributed by atoms with van der Waals surface area (Å²) in [4.78, 5) is 42.0. The average molecular weight is 519 g/mol. The van der Waals surface area contributed by atoms with E-state index >= 15 is 4.39 Å². The molecule has 3 aromatic rings. The highest BCUT2D eigenvalue weighted by atomic mass is 19.1. The number of carbonyl (C=O) groups excluding carboxylic acids is 3. The molecular formula is C31H32F2N2O3. The van der Waals surface area contributed by atoms with Crippen LogP contribution >= 0.6 is 0 Å². The van der Waals surface area contributed by atoms with E-state index in [2.05, 4.69) is 5.32 Å². The second kappa shape index (κ2) is 11.7. The summed E-state index contributed by atoms with van der Waals surface area (Å²) < 4.78 is 29.5. The molecule has 0 saturated carbocycles. The van der Waals surface area contributed by atoms with Gasteiger partial charge in [0.15, 0.2) is 5.78 Å². The van der Waals surface area contributed by atoms with Crippen molar-refractivity contribution in [3.63, 3.8) is 0 Å². The maximum absolute atomic E-state index is 15.9. The second-order valence-electron chi connectivity index (χ2n) is 10.0. The summed E-state index contributed by atoms with van der Waals surface area (Å²) in [6, 6.07) is 18.5. The third kappa shape index (κ3) is 5.82. The van der Waals surface area contributed by atoms with Crippen molar-refractivity contribution in [2.75, 3.05) is 4.90 Å². The van der Waals surface area contributed by atoms with Crippen LogP contribution in [0.5, 0.6) is 0 Å². The van der Waals surface area contributed by atoms with Gasteiger partial charge >= 0.3 is 0 Å². The third-order valence-corrected chi connectivity index (χ3v) is 7.02. The number of amides is 2. The van der Waals surface area contributed by atoms with Crippen LogP contribution in [0.25, 0.3) is 0 Å². The molecule has 3 atom stereocenters. The summed E-state index contributed by atoms with van der Waals surface area (Å²) in [5, 5.41) is 2.78. The zero-order valence-electron chi connectivity index (χ0n) is 21.8. The van der Waals surface area contributed by atoms with Crippen LogP contribution in [0.3, 0.4) is 0 Å². The number of ketones is 1. The number of rotatable bonds is 8. The Hall–Kier alpha value is -3.87. The van der Waals surface area contributed by atoms with E-state index in [1.165, 1.54) is 18.2 Å². The lowest BCUT2D eigenvalue weighted by Gasteiger charge is -2.30. The summed E-state index contributed by atoms with van der Waals surface area (Å²) >= 11 is 0. The lowest BCUT2D eigenvalue weighted by Crippen LogP contribution is -2.52. The summed E-state index contributed by atoms with van der Waals surface area (Å²) in [6.07, 6.45) is -1.29. The van der Waals surface area contributed by atoms with Crippen LogP contribution in [0.15, 0.2) is 72.8 Å². The van der Waals surface area contributed by atoms with Crippen LogP contribution in [0.2, 0.25) is 0 Å². The maximum atomic E-state index is 15.9. The number of halogens is 2. The SMILES string of the molecule is Cc1cc(F)ccc1C(=O)C[C@@H](C(=O)N[C@@H]1CCc2ccccc2N(C(C)C)C1=O)C(F)c1ccccc1. The first-order valence-corrected chi connectivity index (χ1v) is 12.9. The predicted octanol–water partition coefficient (Wildman–Crippen LogP) is 5.91. The van der Waals surface area contributed by atoms with Gasteiger partial charge in [-0.2, -0.15) is 0 Å². The molecule has 0 aromatic heterocycles. The molecule has 0 spiro atoms. The number of hydrogen-bond acceptors (Lipinski definition) is 3. The predicted molar refractivity (Wildman–Crippen MR) is 143 cm³/mol. The number of para-hydroxylation sites is 1. The lowest BCUT2D eigenvalue weighted by atomic mass is 9.88. The van der Waals surface area contributed by atoms with Gasteiger partial charge in [0.05, 0.1) is 5.92 Å². The molecule has 2 amide bonds. The molecule has 1 aliphatic heterocycles. The Morgan fingerprint density at radius 2 is 1.71 bits per heavy atom. The fourth-order valence-electron chi connectivity index (χ4n) is 5.06. The highest BCUT2D eigenvalue weighted by molar-refractivity contribution is 6.03. The van der Waals surface area contributed by atoms with Crippen molar-refractivity contribution in [3.05, 3.63) is 101 Å². The van der Waals surface area contributed by atoms with Crippen LogP contribution in [0, 0.1) is 18.7 Å². The molecule has 0 fully saturated rings. The molecule has 0 aliphatic carbocycles. The van der Waals surface area contributed by atoms with Crippen LogP contribution in [-0.4, -0.2) is 29.7 Å². The molecule has 1 N–H and O–H groups in total. The zero-order chi connectivity index (χ0) is 27.4. The van der Waals surface area contributed by atoms with Gasteiger partial charge in [0.1, 0.15) is 18.0 Å². The Balaban J connectivity index is 1.62. The number of benzene rings is 3. The lowest BCUT2D eigenvalue weighted by molar-refractivity contribution is -0.131. The van der Waals surface area contributed by atoms with E-state index in [4.69, 9.17) is 0 Å². The topological polar surface area (TPSA) is 66.5 Å². The number of aryl methyl sites for hydroxylation is 2. The number of nitrogens with one attached hydrogen (secondary N) is 1. The quantitative estimate of drug-likeness (QED) is 0.377. The van der Waals surface area contributed by atoms with E-state index in [1.54, 1.807) is 42.2 Å². The molecule has 198 valence electrons. The molecule has 7 heteroatoms. The maximum Gasteiger partial charge on any atom is 0.249 e. The van der Waals surface area contributed by atoms with Gasteiger partial charge < -0.3 is 10.2 Å². The molecule has 0 radical (unpaired) electrons. The smallest absolute Gasteiger partial charge is 0.249 e. The Bertz CT molecular complexity index is 1330. The van der Waals surface area contributed by atoms with Gasteiger partial charge in [0.25, 0.3) is 0 Å². The van der Waals surface area contributed by atoms with Gasteiger partial charge in [-0.05, 0) is 74.6 Å². The minimum Gasteiger partial charge on any atom is -0.344 e. The number of carbonyl (C=O) groups is 3. The van der Waals surface area contributed by atoms with Crippen molar-refractivity contribution >= 4 is 23.3 Å². The molecule has 1 unspecified atom stereocenters.